The minimum Gasteiger partial charge on any atom is -0.122 e. The topological polar surface area (TPSA) is 0 Å². The van der Waals surface area contributed by atoms with Gasteiger partial charge in [0.2, 0.25) is 0 Å². The minimum atomic E-state index is 0.654. The molecule has 0 amide bonds. The van der Waals surface area contributed by atoms with Crippen LogP contribution < -0.4 is 0 Å². The van der Waals surface area contributed by atoms with Gasteiger partial charge in [-0.15, -0.1) is 5.73 Å². The van der Waals surface area contributed by atoms with Crippen LogP contribution in [0, 0.1) is 0 Å². The first kappa shape index (κ1) is 10.4. The van der Waals surface area contributed by atoms with E-state index in [0.717, 1.165) is 11.1 Å². The third kappa shape index (κ3) is 2.93. The van der Waals surface area contributed by atoms with Crippen molar-refractivity contribution in [2.45, 2.75) is 13.8 Å². The van der Waals surface area contributed by atoms with Crippen molar-refractivity contribution in [2.24, 2.45) is 0 Å². The van der Waals surface area contributed by atoms with Gasteiger partial charge in [0.1, 0.15) is 0 Å². The zero-order chi connectivity index (χ0) is 9.84. The van der Waals surface area contributed by atoms with E-state index in [4.69, 9.17) is 23.2 Å². The van der Waals surface area contributed by atoms with E-state index >= 15 is 0 Å². The summed E-state index contributed by atoms with van der Waals surface area (Å²) in [6.45, 7) is 3.95. The standard InChI is InChI=1S/C11H10Cl2/c1-8(2)6-7-9-10(12)4-3-5-11(9)13/h3-5,7H,1-2H3. The van der Waals surface area contributed by atoms with Gasteiger partial charge >= 0.3 is 0 Å². The molecule has 0 bridgehead atoms. The van der Waals surface area contributed by atoms with Crippen molar-refractivity contribution in [2.75, 3.05) is 0 Å². The molecule has 2 heteroatoms. The molecule has 0 N–H and O–H groups in total. The molecule has 0 saturated heterocycles. The van der Waals surface area contributed by atoms with Crippen LogP contribution in [0.3, 0.4) is 0 Å². The second-order valence-corrected chi connectivity index (χ2v) is 3.74. The Morgan fingerprint density at radius 3 is 2.23 bits per heavy atom. The highest BCUT2D eigenvalue weighted by Crippen LogP contribution is 2.25. The number of hydrogen-bond acceptors (Lipinski definition) is 0. The maximum Gasteiger partial charge on any atom is 0.0499 e. The molecule has 0 heterocycles. The Balaban J connectivity index is 3.22. The summed E-state index contributed by atoms with van der Waals surface area (Å²) in [4.78, 5) is 0. The van der Waals surface area contributed by atoms with Gasteiger partial charge in [-0.25, -0.2) is 0 Å². The van der Waals surface area contributed by atoms with E-state index in [1.165, 1.54) is 0 Å². The second-order valence-electron chi connectivity index (χ2n) is 2.92. The van der Waals surface area contributed by atoms with Gasteiger partial charge in [-0.2, -0.15) is 0 Å². The molecule has 0 unspecified atom stereocenters. The van der Waals surface area contributed by atoms with Crippen molar-refractivity contribution < 1.29 is 0 Å². The molecule has 1 aromatic rings. The Bertz CT molecular complexity index is 347. The van der Waals surface area contributed by atoms with Gasteiger partial charge in [0, 0.05) is 15.6 Å². The summed E-state index contributed by atoms with van der Waals surface area (Å²) in [7, 11) is 0. The summed E-state index contributed by atoms with van der Waals surface area (Å²) < 4.78 is 0. The summed E-state index contributed by atoms with van der Waals surface area (Å²) >= 11 is 11.9. The van der Waals surface area contributed by atoms with Gasteiger partial charge in [0.25, 0.3) is 0 Å². The predicted molar refractivity (Wildman–Crippen MR) is 59.3 cm³/mol. The minimum absolute atomic E-state index is 0.654. The number of hydrogen-bond donors (Lipinski definition) is 0. The van der Waals surface area contributed by atoms with Crippen LogP contribution in [0.2, 0.25) is 10.0 Å². The molecule has 1 rings (SSSR count). The third-order valence-electron chi connectivity index (χ3n) is 1.50. The number of rotatable bonds is 1. The van der Waals surface area contributed by atoms with Crippen molar-refractivity contribution >= 4 is 29.3 Å². The molecule has 0 aliphatic heterocycles. The van der Waals surface area contributed by atoms with Crippen LogP contribution in [0.1, 0.15) is 19.4 Å². The Morgan fingerprint density at radius 2 is 1.77 bits per heavy atom. The quantitative estimate of drug-likeness (QED) is 0.599. The lowest BCUT2D eigenvalue weighted by Crippen LogP contribution is -1.75. The summed E-state index contributed by atoms with van der Waals surface area (Å²) in [5.74, 6) is 0. The second kappa shape index (κ2) is 4.53. The van der Waals surface area contributed by atoms with Crippen molar-refractivity contribution in [3.8, 4) is 0 Å². The molecular weight excluding hydrogens is 203 g/mol. The van der Waals surface area contributed by atoms with Gasteiger partial charge in [0.05, 0.1) is 0 Å². The lowest BCUT2D eigenvalue weighted by molar-refractivity contribution is 1.41. The predicted octanol–water partition coefficient (Wildman–Crippen LogP) is 4.57. The van der Waals surface area contributed by atoms with Gasteiger partial charge in [-0.3, -0.25) is 0 Å². The highest BCUT2D eigenvalue weighted by atomic mass is 35.5. The first-order chi connectivity index (χ1) is 6.11. The van der Waals surface area contributed by atoms with Crippen LogP contribution in [-0.4, -0.2) is 0 Å². The van der Waals surface area contributed by atoms with Crippen LogP contribution in [0.15, 0.2) is 29.5 Å². The average Bonchev–Trinajstić information content (AvgIpc) is 2.03. The first-order valence-corrected chi connectivity index (χ1v) is 4.71. The molecule has 0 nitrogen and oxygen atoms in total. The lowest BCUT2D eigenvalue weighted by atomic mass is 10.2. The molecule has 0 aliphatic carbocycles. The van der Waals surface area contributed by atoms with Crippen LogP contribution in [-0.2, 0) is 0 Å². The highest BCUT2D eigenvalue weighted by Gasteiger charge is 1.99. The Kier molecular flexibility index (Phi) is 3.62. The summed E-state index contributed by atoms with van der Waals surface area (Å²) in [6.07, 6.45) is 1.81. The van der Waals surface area contributed by atoms with Crippen LogP contribution in [0.5, 0.6) is 0 Å². The highest BCUT2D eigenvalue weighted by molar-refractivity contribution is 6.37. The summed E-state index contributed by atoms with van der Waals surface area (Å²) in [5.41, 5.74) is 4.99. The molecule has 1 aromatic carbocycles. The largest absolute Gasteiger partial charge is 0.122 e. The van der Waals surface area contributed by atoms with Crippen LogP contribution in [0.25, 0.3) is 6.08 Å². The van der Waals surface area contributed by atoms with Crippen LogP contribution in [0.4, 0.5) is 0 Å². The molecule has 0 fully saturated rings. The SMILES string of the molecule is CC(C)=C=Cc1c(Cl)cccc1Cl. The summed E-state index contributed by atoms with van der Waals surface area (Å²) in [6, 6.07) is 5.45. The molecule has 68 valence electrons. The zero-order valence-electron chi connectivity index (χ0n) is 7.57. The van der Waals surface area contributed by atoms with Gasteiger partial charge in [-0.1, -0.05) is 29.3 Å². The van der Waals surface area contributed by atoms with Crippen molar-refractivity contribution in [3.05, 3.63) is 45.1 Å². The number of benzene rings is 1. The Hall–Kier alpha value is -0.680. The van der Waals surface area contributed by atoms with E-state index < -0.39 is 0 Å². The molecule has 0 aliphatic rings. The fourth-order valence-electron chi connectivity index (χ4n) is 0.865. The molecule has 0 radical (unpaired) electrons. The van der Waals surface area contributed by atoms with Gasteiger partial charge in [0.15, 0.2) is 0 Å². The first-order valence-electron chi connectivity index (χ1n) is 3.95. The monoisotopic (exact) mass is 212 g/mol. The van der Waals surface area contributed by atoms with E-state index in [-0.39, 0.29) is 0 Å². The molecule has 0 spiro atoms. The molecular formula is C11H10Cl2. The molecule has 13 heavy (non-hydrogen) atoms. The maximum atomic E-state index is 5.95. The zero-order valence-corrected chi connectivity index (χ0v) is 9.08. The average molecular weight is 213 g/mol. The molecule has 0 saturated carbocycles. The van der Waals surface area contributed by atoms with E-state index in [1.807, 2.05) is 32.0 Å². The molecule has 0 aromatic heterocycles. The van der Waals surface area contributed by atoms with Gasteiger partial charge in [-0.05, 0) is 37.6 Å². The van der Waals surface area contributed by atoms with Crippen molar-refractivity contribution in [3.63, 3.8) is 0 Å². The van der Waals surface area contributed by atoms with Gasteiger partial charge < -0.3 is 0 Å². The maximum absolute atomic E-state index is 5.95. The van der Waals surface area contributed by atoms with E-state index in [0.29, 0.717) is 10.0 Å². The number of allylic oxidation sites excluding steroid dienone is 1. The smallest absolute Gasteiger partial charge is 0.0499 e. The normalized spacial score (nSPS) is 9.23. The third-order valence-corrected chi connectivity index (χ3v) is 2.16. The molecule has 0 atom stereocenters. The lowest BCUT2D eigenvalue weighted by Gasteiger charge is -1.98. The Morgan fingerprint density at radius 1 is 1.23 bits per heavy atom. The van der Waals surface area contributed by atoms with E-state index in [9.17, 15) is 0 Å². The summed E-state index contributed by atoms with van der Waals surface area (Å²) in [5, 5.41) is 1.31. The number of halogens is 2. The fraction of sp³-hybridized carbons (Fsp3) is 0.182. The van der Waals surface area contributed by atoms with E-state index in [1.54, 1.807) is 6.08 Å². The van der Waals surface area contributed by atoms with E-state index in [2.05, 4.69) is 5.73 Å². The van der Waals surface area contributed by atoms with Crippen molar-refractivity contribution in [1.82, 2.24) is 0 Å². The Labute approximate surface area is 88.5 Å². The van der Waals surface area contributed by atoms with Crippen LogP contribution >= 0.6 is 23.2 Å². The fourth-order valence-corrected chi connectivity index (χ4v) is 1.37. The van der Waals surface area contributed by atoms with Crippen molar-refractivity contribution in [1.29, 1.82) is 0 Å².